The van der Waals surface area contributed by atoms with Crippen LogP contribution in [0.15, 0.2) is 81.9 Å². The molecule has 3 heterocycles. The van der Waals surface area contributed by atoms with E-state index in [2.05, 4.69) is 20.6 Å². The predicted octanol–water partition coefficient (Wildman–Crippen LogP) is 6.74. The summed E-state index contributed by atoms with van der Waals surface area (Å²) >= 11 is 0. The van der Waals surface area contributed by atoms with Crippen LogP contribution < -0.4 is 10.6 Å². The topological polar surface area (TPSA) is 110 Å². The van der Waals surface area contributed by atoms with Crippen molar-refractivity contribution in [2.75, 3.05) is 7.05 Å². The molecule has 6 rings (SSSR count). The van der Waals surface area contributed by atoms with E-state index in [0.29, 0.717) is 39.2 Å². The minimum Gasteiger partial charge on any atom is -0.455 e. The van der Waals surface area contributed by atoms with Crippen LogP contribution in [-0.4, -0.2) is 28.8 Å². The summed E-state index contributed by atoms with van der Waals surface area (Å²) in [7, 11) is 1.43. The molecule has 2 N–H and O–H groups in total. The van der Waals surface area contributed by atoms with E-state index in [1.165, 1.54) is 31.3 Å². The summed E-state index contributed by atoms with van der Waals surface area (Å²) in [6.07, 6.45) is 3.17. The number of rotatable bonds is 6. The SMILES string of the molecule is CNC(=O)c1c(-c2ccc(F)cc2)oc2ccc(-c3cc(C(=O)NC(C)c4nc5cnccc5o4)ccc3C)c(F)c12. The highest BCUT2D eigenvalue weighted by molar-refractivity contribution is 6.12. The maximum Gasteiger partial charge on any atom is 0.255 e. The van der Waals surface area contributed by atoms with Crippen molar-refractivity contribution in [3.8, 4) is 22.5 Å². The molecule has 0 bridgehead atoms. The Morgan fingerprint density at radius 1 is 0.905 bits per heavy atom. The zero-order chi connectivity index (χ0) is 29.5. The molecule has 0 spiro atoms. The van der Waals surface area contributed by atoms with Crippen molar-refractivity contribution < 1.29 is 27.2 Å². The van der Waals surface area contributed by atoms with Crippen molar-refractivity contribution in [1.29, 1.82) is 0 Å². The minimum atomic E-state index is -0.683. The summed E-state index contributed by atoms with van der Waals surface area (Å²) in [6, 6.07) is 14.6. The number of carbonyl (C=O) groups excluding carboxylic acids is 2. The smallest absolute Gasteiger partial charge is 0.255 e. The molecular weight excluding hydrogens is 542 g/mol. The zero-order valence-electron chi connectivity index (χ0n) is 22.8. The van der Waals surface area contributed by atoms with Crippen LogP contribution in [0.1, 0.15) is 45.1 Å². The first-order chi connectivity index (χ1) is 20.2. The number of benzene rings is 3. The van der Waals surface area contributed by atoms with Gasteiger partial charge in [-0.15, -0.1) is 0 Å². The summed E-state index contributed by atoms with van der Waals surface area (Å²) in [5.41, 5.74) is 3.37. The number of nitrogens with zero attached hydrogens (tertiary/aromatic N) is 2. The fourth-order valence-corrected chi connectivity index (χ4v) is 4.88. The van der Waals surface area contributed by atoms with Crippen LogP contribution in [-0.2, 0) is 0 Å². The van der Waals surface area contributed by atoms with Gasteiger partial charge in [-0.05, 0) is 73.5 Å². The highest BCUT2D eigenvalue weighted by atomic mass is 19.1. The Kier molecular flexibility index (Phi) is 6.74. The lowest BCUT2D eigenvalue weighted by atomic mass is 9.95. The lowest BCUT2D eigenvalue weighted by Crippen LogP contribution is -2.26. The summed E-state index contributed by atoms with van der Waals surface area (Å²) in [5.74, 6) is -1.65. The van der Waals surface area contributed by atoms with Crippen LogP contribution in [0.25, 0.3) is 44.5 Å². The van der Waals surface area contributed by atoms with Gasteiger partial charge in [0.15, 0.2) is 5.58 Å². The van der Waals surface area contributed by atoms with Crippen LogP contribution in [0, 0.1) is 18.6 Å². The number of aromatic nitrogens is 2. The molecule has 0 aliphatic heterocycles. The number of nitrogens with one attached hydrogen (secondary N) is 2. The van der Waals surface area contributed by atoms with E-state index < -0.39 is 29.5 Å². The van der Waals surface area contributed by atoms with Gasteiger partial charge < -0.3 is 19.5 Å². The van der Waals surface area contributed by atoms with Crippen molar-refractivity contribution in [2.45, 2.75) is 19.9 Å². The number of fused-ring (bicyclic) bond motifs is 2. The van der Waals surface area contributed by atoms with Gasteiger partial charge in [-0.2, -0.15) is 0 Å². The summed E-state index contributed by atoms with van der Waals surface area (Å²) in [5, 5.41) is 5.39. The molecule has 3 aromatic carbocycles. The number of furan rings is 1. The lowest BCUT2D eigenvalue weighted by molar-refractivity contribution is 0.0932. The molecule has 210 valence electrons. The van der Waals surface area contributed by atoms with Crippen molar-refractivity contribution in [3.63, 3.8) is 0 Å². The number of halogens is 2. The van der Waals surface area contributed by atoms with Gasteiger partial charge in [-0.1, -0.05) is 6.07 Å². The molecule has 6 aromatic rings. The normalized spacial score (nSPS) is 12.0. The first-order valence-electron chi connectivity index (χ1n) is 13.1. The van der Waals surface area contributed by atoms with Gasteiger partial charge in [0.1, 0.15) is 34.5 Å². The van der Waals surface area contributed by atoms with Crippen LogP contribution in [0.5, 0.6) is 0 Å². The molecule has 0 saturated carbocycles. The van der Waals surface area contributed by atoms with Gasteiger partial charge in [0.25, 0.3) is 11.8 Å². The summed E-state index contributed by atoms with van der Waals surface area (Å²) < 4.78 is 41.5. The van der Waals surface area contributed by atoms with E-state index >= 15 is 4.39 Å². The first kappa shape index (κ1) is 26.8. The summed E-state index contributed by atoms with van der Waals surface area (Å²) in [6.45, 7) is 3.55. The third kappa shape index (κ3) is 4.66. The van der Waals surface area contributed by atoms with Gasteiger partial charge in [0, 0.05) is 36.0 Å². The molecule has 1 atom stereocenters. The molecule has 2 amide bonds. The van der Waals surface area contributed by atoms with Crippen LogP contribution >= 0.6 is 0 Å². The number of amides is 2. The zero-order valence-corrected chi connectivity index (χ0v) is 22.8. The minimum absolute atomic E-state index is 0.00707. The second-order valence-corrected chi connectivity index (χ2v) is 9.81. The number of aryl methyl sites for hydroxylation is 1. The predicted molar refractivity (Wildman–Crippen MR) is 153 cm³/mol. The van der Waals surface area contributed by atoms with Gasteiger partial charge in [-0.3, -0.25) is 14.6 Å². The van der Waals surface area contributed by atoms with Gasteiger partial charge >= 0.3 is 0 Å². The number of carbonyl (C=O) groups is 2. The number of hydrogen-bond donors (Lipinski definition) is 2. The van der Waals surface area contributed by atoms with Crippen molar-refractivity contribution in [3.05, 3.63) is 107 Å². The van der Waals surface area contributed by atoms with Crippen molar-refractivity contribution in [1.82, 2.24) is 20.6 Å². The van der Waals surface area contributed by atoms with E-state index in [4.69, 9.17) is 8.83 Å². The van der Waals surface area contributed by atoms with Crippen LogP contribution in [0.4, 0.5) is 8.78 Å². The Morgan fingerprint density at radius 2 is 1.69 bits per heavy atom. The fraction of sp³-hybridized carbons (Fsp3) is 0.125. The maximum atomic E-state index is 16.3. The molecular formula is C32H24F2N4O4. The van der Waals surface area contributed by atoms with E-state index in [1.807, 2.05) is 0 Å². The Morgan fingerprint density at radius 3 is 2.43 bits per heavy atom. The largest absolute Gasteiger partial charge is 0.455 e. The van der Waals surface area contributed by atoms with Gasteiger partial charge in [-0.25, -0.2) is 13.8 Å². The third-order valence-corrected chi connectivity index (χ3v) is 7.07. The van der Waals surface area contributed by atoms with E-state index in [9.17, 15) is 14.0 Å². The van der Waals surface area contributed by atoms with Crippen molar-refractivity contribution >= 4 is 33.9 Å². The molecule has 10 heteroatoms. The fourth-order valence-electron chi connectivity index (χ4n) is 4.88. The van der Waals surface area contributed by atoms with Gasteiger partial charge in [0.05, 0.1) is 17.1 Å². The highest BCUT2D eigenvalue weighted by Gasteiger charge is 2.27. The molecule has 1 unspecified atom stereocenters. The number of oxazole rings is 1. The standard InChI is InChI=1S/C32H24F2N4O4/c1-16-4-5-19(30(39)37-17(2)32-38-23-15-36-13-12-24(23)42-32)14-22(16)21-10-11-25-26(28(21)34)27(31(40)35-3)29(41-25)18-6-8-20(33)9-7-18/h4-15,17H,1-3H3,(H,35,40)(H,37,39). The average Bonchev–Trinajstić information content (AvgIpc) is 3.61. The number of hydrogen-bond acceptors (Lipinski definition) is 6. The Labute approximate surface area is 238 Å². The summed E-state index contributed by atoms with van der Waals surface area (Å²) in [4.78, 5) is 34.6. The van der Waals surface area contributed by atoms with E-state index in [-0.39, 0.29) is 27.9 Å². The molecule has 0 aliphatic carbocycles. The van der Waals surface area contributed by atoms with Crippen LogP contribution in [0.2, 0.25) is 0 Å². The second-order valence-electron chi connectivity index (χ2n) is 9.81. The number of pyridine rings is 1. The molecule has 42 heavy (non-hydrogen) atoms. The van der Waals surface area contributed by atoms with E-state index in [0.717, 1.165) is 0 Å². The Bertz CT molecular complexity index is 1960. The highest BCUT2D eigenvalue weighted by Crippen LogP contribution is 2.39. The molecule has 0 radical (unpaired) electrons. The van der Waals surface area contributed by atoms with Crippen molar-refractivity contribution in [2.24, 2.45) is 0 Å². The second kappa shape index (κ2) is 10.5. The molecule has 8 nitrogen and oxygen atoms in total. The quantitative estimate of drug-likeness (QED) is 0.231. The Hall–Kier alpha value is -5.38. The molecule has 0 fully saturated rings. The third-order valence-electron chi connectivity index (χ3n) is 7.07. The maximum absolute atomic E-state index is 16.3. The van der Waals surface area contributed by atoms with E-state index in [1.54, 1.807) is 62.6 Å². The van der Waals surface area contributed by atoms with Gasteiger partial charge in [0.2, 0.25) is 5.89 Å². The van der Waals surface area contributed by atoms with Crippen LogP contribution in [0.3, 0.4) is 0 Å². The first-order valence-corrected chi connectivity index (χ1v) is 13.1. The molecule has 0 aliphatic rings. The monoisotopic (exact) mass is 566 g/mol. The average molecular weight is 567 g/mol. The Balaban J connectivity index is 1.38. The molecule has 0 saturated heterocycles. The molecule has 3 aromatic heterocycles. The lowest BCUT2D eigenvalue weighted by Gasteiger charge is -2.13.